The Morgan fingerprint density at radius 2 is 1.73 bits per heavy atom. The lowest BCUT2D eigenvalue weighted by Gasteiger charge is -2.39. The second-order valence-corrected chi connectivity index (χ2v) is 8.56. The number of rotatable bonds is 4. The number of aromatic nitrogens is 2. The fourth-order valence-corrected chi connectivity index (χ4v) is 4.59. The summed E-state index contributed by atoms with van der Waals surface area (Å²) < 4.78 is 1.92. The maximum absolute atomic E-state index is 13.6. The lowest BCUT2D eigenvalue weighted by atomic mass is 9.93. The number of aryl methyl sites for hydroxylation is 1. The van der Waals surface area contributed by atoms with Gasteiger partial charge in [0, 0.05) is 39.2 Å². The summed E-state index contributed by atoms with van der Waals surface area (Å²) in [5, 5.41) is 0. The zero-order valence-electron chi connectivity index (χ0n) is 18.8. The van der Waals surface area contributed by atoms with E-state index in [1.807, 2.05) is 66.2 Å². The molecule has 1 aromatic heterocycles. The van der Waals surface area contributed by atoms with Gasteiger partial charge in [0.25, 0.3) is 5.91 Å². The van der Waals surface area contributed by atoms with Crippen molar-refractivity contribution in [1.29, 1.82) is 0 Å². The van der Waals surface area contributed by atoms with Gasteiger partial charge in [-0.3, -0.25) is 9.59 Å². The van der Waals surface area contributed by atoms with Crippen molar-refractivity contribution in [3.63, 3.8) is 0 Å². The van der Waals surface area contributed by atoms with Crippen molar-refractivity contribution in [2.45, 2.75) is 12.5 Å². The first-order valence-corrected chi connectivity index (χ1v) is 11.1. The molecule has 0 saturated carbocycles. The number of imidazole rings is 1. The molecule has 2 heterocycles. The minimum absolute atomic E-state index is 0.0311. The molecule has 1 atom stereocenters. The Balaban J connectivity index is 1.49. The summed E-state index contributed by atoms with van der Waals surface area (Å²) in [5.74, 6) is -0.164. The third-order valence-corrected chi connectivity index (χ3v) is 6.46. The second kappa shape index (κ2) is 8.54. The van der Waals surface area contributed by atoms with E-state index in [9.17, 15) is 9.59 Å². The van der Waals surface area contributed by atoms with Crippen LogP contribution in [-0.2, 0) is 18.3 Å². The molecule has 4 aromatic rings. The van der Waals surface area contributed by atoms with Crippen LogP contribution >= 0.6 is 0 Å². The van der Waals surface area contributed by atoms with E-state index in [-0.39, 0.29) is 11.8 Å². The molecule has 1 saturated heterocycles. The molecule has 0 aliphatic carbocycles. The molecular formula is C27H26N4O2. The van der Waals surface area contributed by atoms with Crippen LogP contribution in [-0.4, -0.2) is 57.3 Å². The number of benzene rings is 3. The van der Waals surface area contributed by atoms with Crippen LogP contribution in [0.25, 0.3) is 22.2 Å². The van der Waals surface area contributed by atoms with Crippen LogP contribution in [0, 0.1) is 0 Å². The monoisotopic (exact) mass is 438 g/mol. The minimum atomic E-state index is -0.555. The molecule has 2 amide bonds. The van der Waals surface area contributed by atoms with Crippen molar-refractivity contribution >= 4 is 22.8 Å². The lowest BCUT2D eigenvalue weighted by molar-refractivity contribution is -0.138. The van der Waals surface area contributed by atoms with Gasteiger partial charge in [0.1, 0.15) is 6.04 Å². The second-order valence-electron chi connectivity index (χ2n) is 8.56. The first kappa shape index (κ1) is 20.9. The normalized spacial score (nSPS) is 16.4. The van der Waals surface area contributed by atoms with Crippen LogP contribution in [0.2, 0.25) is 0 Å². The third-order valence-electron chi connectivity index (χ3n) is 6.46. The third kappa shape index (κ3) is 3.89. The van der Waals surface area contributed by atoms with Gasteiger partial charge >= 0.3 is 0 Å². The Morgan fingerprint density at radius 3 is 2.55 bits per heavy atom. The van der Waals surface area contributed by atoms with Crippen molar-refractivity contribution in [2.24, 2.45) is 7.05 Å². The number of hydrogen-bond acceptors (Lipinski definition) is 3. The van der Waals surface area contributed by atoms with E-state index in [4.69, 9.17) is 0 Å². The number of hydrogen-bond donors (Lipinski definition) is 0. The molecule has 1 aliphatic heterocycles. The van der Waals surface area contributed by atoms with Gasteiger partial charge in [-0.05, 0) is 34.9 Å². The summed E-state index contributed by atoms with van der Waals surface area (Å²) in [6.45, 7) is 1.02. The lowest BCUT2D eigenvalue weighted by Crippen LogP contribution is -2.58. The SMILES string of the molecule is CN1CCN(C(=O)c2ccc3c(c2)ncn3C)[C@H](Cc2ccccc2-c2ccccc2)C1=O. The van der Waals surface area contributed by atoms with Crippen LogP contribution in [0.4, 0.5) is 0 Å². The molecule has 0 radical (unpaired) electrons. The molecule has 0 spiro atoms. The summed E-state index contributed by atoms with van der Waals surface area (Å²) in [4.78, 5) is 34.7. The van der Waals surface area contributed by atoms with E-state index in [1.165, 1.54) is 0 Å². The first-order valence-electron chi connectivity index (χ1n) is 11.1. The standard InChI is InChI=1S/C27H26N4O2/c1-29-14-15-31(26(32)21-12-13-24-23(16-21)28-18-30(24)2)25(27(29)33)17-20-10-6-7-11-22(20)19-8-4-3-5-9-19/h3-13,16,18,25H,14-15,17H2,1-2H3/t25-/m1/s1. The van der Waals surface area contributed by atoms with Gasteiger partial charge in [0.15, 0.2) is 0 Å². The van der Waals surface area contributed by atoms with E-state index in [0.29, 0.717) is 25.1 Å². The van der Waals surface area contributed by atoms with Crippen LogP contribution in [0.5, 0.6) is 0 Å². The van der Waals surface area contributed by atoms with Crippen molar-refractivity contribution in [2.75, 3.05) is 20.1 Å². The van der Waals surface area contributed by atoms with E-state index in [1.54, 1.807) is 23.2 Å². The molecule has 0 N–H and O–H groups in total. The topological polar surface area (TPSA) is 58.4 Å². The Hall–Kier alpha value is -3.93. The Morgan fingerprint density at radius 1 is 0.970 bits per heavy atom. The molecule has 1 fully saturated rings. The highest BCUT2D eigenvalue weighted by Gasteiger charge is 2.36. The molecule has 33 heavy (non-hydrogen) atoms. The average Bonchev–Trinajstić information content (AvgIpc) is 3.22. The molecular weight excluding hydrogens is 412 g/mol. The number of carbonyl (C=O) groups is 2. The molecule has 5 rings (SSSR count). The predicted octanol–water partition coefficient (Wildman–Crippen LogP) is 3.77. The first-order chi connectivity index (χ1) is 16.0. The number of likely N-dealkylation sites (N-methyl/N-ethyl adjacent to an activating group) is 1. The number of nitrogens with zero attached hydrogens (tertiary/aromatic N) is 4. The Labute approximate surface area is 193 Å². The maximum atomic E-state index is 13.6. The molecule has 166 valence electrons. The van der Waals surface area contributed by atoms with Gasteiger partial charge in [-0.25, -0.2) is 4.98 Å². The molecule has 3 aromatic carbocycles. The predicted molar refractivity (Wildman–Crippen MR) is 129 cm³/mol. The fourth-order valence-electron chi connectivity index (χ4n) is 4.59. The quantitative estimate of drug-likeness (QED) is 0.487. The number of fused-ring (bicyclic) bond motifs is 1. The van der Waals surface area contributed by atoms with Gasteiger partial charge in [-0.15, -0.1) is 0 Å². The van der Waals surface area contributed by atoms with Crippen molar-refractivity contribution < 1.29 is 9.59 Å². The highest BCUT2D eigenvalue weighted by atomic mass is 16.2. The minimum Gasteiger partial charge on any atom is -0.342 e. The Kier molecular flexibility index (Phi) is 5.42. The maximum Gasteiger partial charge on any atom is 0.254 e. The van der Waals surface area contributed by atoms with Gasteiger partial charge in [-0.1, -0.05) is 54.6 Å². The van der Waals surface area contributed by atoms with Gasteiger partial charge < -0.3 is 14.4 Å². The van der Waals surface area contributed by atoms with Gasteiger partial charge in [0.2, 0.25) is 5.91 Å². The summed E-state index contributed by atoms with van der Waals surface area (Å²) in [7, 11) is 3.73. The number of carbonyl (C=O) groups excluding carboxylic acids is 2. The largest absolute Gasteiger partial charge is 0.342 e. The Bertz CT molecular complexity index is 1330. The van der Waals surface area contributed by atoms with Crippen LogP contribution in [0.3, 0.4) is 0 Å². The van der Waals surface area contributed by atoms with E-state index < -0.39 is 6.04 Å². The summed E-state index contributed by atoms with van der Waals surface area (Å²) >= 11 is 0. The number of amides is 2. The van der Waals surface area contributed by atoms with E-state index >= 15 is 0 Å². The zero-order valence-corrected chi connectivity index (χ0v) is 18.8. The molecule has 6 nitrogen and oxygen atoms in total. The molecule has 0 bridgehead atoms. The van der Waals surface area contributed by atoms with Gasteiger partial charge in [-0.2, -0.15) is 0 Å². The molecule has 6 heteroatoms. The van der Waals surface area contributed by atoms with Crippen molar-refractivity contribution in [3.05, 3.63) is 90.3 Å². The zero-order chi connectivity index (χ0) is 22.9. The smallest absolute Gasteiger partial charge is 0.254 e. The van der Waals surface area contributed by atoms with Crippen LogP contribution in [0.1, 0.15) is 15.9 Å². The summed E-state index contributed by atoms with van der Waals surface area (Å²) in [6, 6.07) is 23.3. The van der Waals surface area contributed by atoms with Crippen LogP contribution in [0.15, 0.2) is 79.1 Å². The molecule has 1 aliphatic rings. The molecule has 0 unspecified atom stereocenters. The highest BCUT2D eigenvalue weighted by Crippen LogP contribution is 2.27. The van der Waals surface area contributed by atoms with Crippen LogP contribution < -0.4 is 0 Å². The fraction of sp³-hybridized carbons (Fsp3) is 0.222. The number of piperazine rings is 1. The highest BCUT2D eigenvalue weighted by molar-refractivity contribution is 6.00. The van der Waals surface area contributed by atoms with Crippen molar-refractivity contribution in [1.82, 2.24) is 19.4 Å². The summed E-state index contributed by atoms with van der Waals surface area (Å²) in [5.41, 5.74) is 5.53. The van der Waals surface area contributed by atoms with Gasteiger partial charge in [0.05, 0.1) is 17.4 Å². The average molecular weight is 439 g/mol. The summed E-state index contributed by atoms with van der Waals surface area (Å²) in [6.07, 6.45) is 2.20. The van der Waals surface area contributed by atoms with E-state index in [2.05, 4.69) is 23.2 Å². The van der Waals surface area contributed by atoms with Crippen molar-refractivity contribution in [3.8, 4) is 11.1 Å². The van der Waals surface area contributed by atoms with E-state index in [0.717, 1.165) is 27.7 Å².